The van der Waals surface area contributed by atoms with Crippen molar-refractivity contribution < 1.29 is 8.42 Å². The lowest BCUT2D eigenvalue weighted by molar-refractivity contribution is 0.598. The number of nitriles is 1. The van der Waals surface area contributed by atoms with Crippen molar-refractivity contribution in [3.05, 3.63) is 42.5 Å². The van der Waals surface area contributed by atoms with E-state index in [2.05, 4.69) is 6.58 Å². The summed E-state index contributed by atoms with van der Waals surface area (Å²) in [6, 6.07) is 8.34. The average Bonchev–Trinajstić information content (AvgIpc) is 2.25. The van der Waals surface area contributed by atoms with E-state index >= 15 is 0 Å². The Bertz CT molecular complexity index is 512. The third-order valence-electron chi connectivity index (χ3n) is 1.98. The van der Waals surface area contributed by atoms with Crippen molar-refractivity contribution in [2.45, 2.75) is 0 Å². The lowest BCUT2D eigenvalue weighted by Gasteiger charge is -2.20. The van der Waals surface area contributed by atoms with E-state index in [1.165, 1.54) is 10.4 Å². The summed E-state index contributed by atoms with van der Waals surface area (Å²) < 4.78 is 24.2. The Hall–Kier alpha value is -1.80. The van der Waals surface area contributed by atoms with Gasteiger partial charge in [-0.15, -0.1) is 6.58 Å². The van der Waals surface area contributed by atoms with Crippen molar-refractivity contribution in [2.24, 2.45) is 0 Å². The summed E-state index contributed by atoms with van der Waals surface area (Å²) in [7, 11) is -3.32. The first-order valence-electron chi connectivity index (χ1n) is 4.58. The Morgan fingerprint density at radius 2 is 2.00 bits per heavy atom. The quantitative estimate of drug-likeness (QED) is 0.744. The normalized spacial score (nSPS) is 10.5. The lowest BCUT2D eigenvalue weighted by atomic mass is 10.2. The van der Waals surface area contributed by atoms with Crippen LogP contribution in [-0.2, 0) is 10.0 Å². The lowest BCUT2D eigenvalue weighted by Crippen LogP contribution is -2.29. The second-order valence-electron chi connectivity index (χ2n) is 3.24. The first-order chi connectivity index (χ1) is 7.49. The van der Waals surface area contributed by atoms with Crippen LogP contribution in [0.25, 0.3) is 0 Å². The predicted octanol–water partition coefficient (Wildman–Crippen LogP) is 1.51. The number of anilines is 1. The van der Waals surface area contributed by atoms with Gasteiger partial charge < -0.3 is 0 Å². The fraction of sp³-hybridized carbons (Fsp3) is 0.182. The van der Waals surface area contributed by atoms with Gasteiger partial charge in [-0.25, -0.2) is 8.42 Å². The van der Waals surface area contributed by atoms with Gasteiger partial charge in [0.05, 0.1) is 30.1 Å². The van der Waals surface area contributed by atoms with Gasteiger partial charge in [0, 0.05) is 0 Å². The van der Waals surface area contributed by atoms with Crippen LogP contribution in [0.5, 0.6) is 0 Å². The molecule has 5 heteroatoms. The molecule has 0 radical (unpaired) electrons. The van der Waals surface area contributed by atoms with Crippen molar-refractivity contribution in [2.75, 3.05) is 17.1 Å². The summed E-state index contributed by atoms with van der Waals surface area (Å²) in [5.74, 6) is 0. The summed E-state index contributed by atoms with van der Waals surface area (Å²) in [5, 5.41) is 8.63. The van der Waals surface area contributed by atoms with Crippen molar-refractivity contribution in [3.8, 4) is 6.07 Å². The largest absolute Gasteiger partial charge is 0.267 e. The SMILES string of the molecule is C=CCN(c1ccc(C#N)cc1)S(C)(=O)=O. The zero-order chi connectivity index (χ0) is 12.2. The van der Waals surface area contributed by atoms with Gasteiger partial charge in [-0.05, 0) is 24.3 Å². The molecule has 0 fully saturated rings. The summed E-state index contributed by atoms with van der Waals surface area (Å²) in [6.07, 6.45) is 2.65. The molecule has 0 aromatic heterocycles. The maximum atomic E-state index is 11.5. The molecule has 0 bridgehead atoms. The zero-order valence-electron chi connectivity index (χ0n) is 8.92. The van der Waals surface area contributed by atoms with Crippen molar-refractivity contribution in [3.63, 3.8) is 0 Å². The van der Waals surface area contributed by atoms with E-state index in [4.69, 9.17) is 5.26 Å². The minimum atomic E-state index is -3.32. The van der Waals surface area contributed by atoms with Crippen LogP contribution < -0.4 is 4.31 Å². The topological polar surface area (TPSA) is 61.2 Å². The highest BCUT2D eigenvalue weighted by atomic mass is 32.2. The Balaban J connectivity index is 3.13. The smallest absolute Gasteiger partial charge is 0.232 e. The number of nitrogens with zero attached hydrogens (tertiary/aromatic N) is 2. The second kappa shape index (κ2) is 4.81. The molecular formula is C11H12N2O2S. The minimum Gasteiger partial charge on any atom is -0.267 e. The third kappa shape index (κ3) is 2.84. The fourth-order valence-electron chi connectivity index (χ4n) is 1.25. The Morgan fingerprint density at radius 3 is 2.38 bits per heavy atom. The standard InChI is InChI=1S/C11H12N2O2S/c1-3-8-13(16(2,14)15)11-6-4-10(9-12)5-7-11/h3-7H,1,8H2,2H3. The summed E-state index contributed by atoms with van der Waals surface area (Å²) in [6.45, 7) is 3.73. The summed E-state index contributed by atoms with van der Waals surface area (Å²) in [4.78, 5) is 0. The summed E-state index contributed by atoms with van der Waals surface area (Å²) in [5.41, 5.74) is 1.03. The molecule has 0 spiro atoms. The van der Waals surface area contributed by atoms with E-state index in [0.29, 0.717) is 11.3 Å². The molecule has 1 aromatic rings. The molecule has 16 heavy (non-hydrogen) atoms. The van der Waals surface area contributed by atoms with Gasteiger partial charge in [-0.1, -0.05) is 6.08 Å². The van der Waals surface area contributed by atoms with Crippen LogP contribution in [0.3, 0.4) is 0 Å². The molecule has 0 amide bonds. The highest BCUT2D eigenvalue weighted by Gasteiger charge is 2.15. The van der Waals surface area contributed by atoms with Crippen LogP contribution in [0.2, 0.25) is 0 Å². The molecular weight excluding hydrogens is 224 g/mol. The van der Waals surface area contributed by atoms with Crippen LogP contribution in [0.1, 0.15) is 5.56 Å². The molecule has 0 saturated carbocycles. The Labute approximate surface area is 95.5 Å². The second-order valence-corrected chi connectivity index (χ2v) is 5.15. The van der Waals surface area contributed by atoms with Gasteiger partial charge >= 0.3 is 0 Å². The molecule has 0 N–H and O–H groups in total. The maximum Gasteiger partial charge on any atom is 0.232 e. The number of hydrogen-bond acceptors (Lipinski definition) is 3. The van der Waals surface area contributed by atoms with E-state index in [1.807, 2.05) is 6.07 Å². The van der Waals surface area contributed by atoms with Gasteiger partial charge in [-0.2, -0.15) is 5.26 Å². The van der Waals surface area contributed by atoms with Crippen LogP contribution in [0, 0.1) is 11.3 Å². The third-order valence-corrected chi connectivity index (χ3v) is 3.14. The van der Waals surface area contributed by atoms with E-state index in [1.54, 1.807) is 24.3 Å². The number of sulfonamides is 1. The van der Waals surface area contributed by atoms with Gasteiger partial charge in [0.1, 0.15) is 0 Å². The van der Waals surface area contributed by atoms with Gasteiger partial charge in [0.15, 0.2) is 0 Å². The summed E-state index contributed by atoms with van der Waals surface area (Å²) >= 11 is 0. The number of rotatable bonds is 4. The molecule has 0 heterocycles. The van der Waals surface area contributed by atoms with Crippen LogP contribution >= 0.6 is 0 Å². The van der Waals surface area contributed by atoms with E-state index in [-0.39, 0.29) is 6.54 Å². The Kier molecular flexibility index (Phi) is 3.69. The molecule has 84 valence electrons. The van der Waals surface area contributed by atoms with Gasteiger partial charge in [-0.3, -0.25) is 4.31 Å². The average molecular weight is 236 g/mol. The fourth-order valence-corrected chi connectivity index (χ4v) is 2.13. The highest BCUT2D eigenvalue weighted by molar-refractivity contribution is 7.92. The molecule has 0 atom stereocenters. The van der Waals surface area contributed by atoms with Crippen molar-refractivity contribution in [1.29, 1.82) is 5.26 Å². The van der Waals surface area contributed by atoms with Crippen molar-refractivity contribution >= 4 is 15.7 Å². The molecule has 0 unspecified atom stereocenters. The van der Waals surface area contributed by atoms with Crippen LogP contribution in [0.15, 0.2) is 36.9 Å². The molecule has 0 aliphatic rings. The van der Waals surface area contributed by atoms with Crippen LogP contribution in [-0.4, -0.2) is 21.2 Å². The first-order valence-corrected chi connectivity index (χ1v) is 6.42. The first kappa shape index (κ1) is 12.3. The molecule has 1 rings (SSSR count). The Morgan fingerprint density at radius 1 is 1.44 bits per heavy atom. The predicted molar refractivity (Wildman–Crippen MR) is 63.5 cm³/mol. The van der Waals surface area contributed by atoms with Crippen molar-refractivity contribution in [1.82, 2.24) is 0 Å². The molecule has 0 saturated heterocycles. The monoisotopic (exact) mass is 236 g/mol. The van der Waals surface area contributed by atoms with Gasteiger partial charge in [0.25, 0.3) is 0 Å². The van der Waals surface area contributed by atoms with E-state index in [0.717, 1.165) is 6.26 Å². The minimum absolute atomic E-state index is 0.213. The van der Waals surface area contributed by atoms with Gasteiger partial charge in [0.2, 0.25) is 10.0 Å². The zero-order valence-corrected chi connectivity index (χ0v) is 9.74. The molecule has 4 nitrogen and oxygen atoms in total. The number of hydrogen-bond donors (Lipinski definition) is 0. The molecule has 0 aliphatic heterocycles. The van der Waals surface area contributed by atoms with Crippen LogP contribution in [0.4, 0.5) is 5.69 Å². The highest BCUT2D eigenvalue weighted by Crippen LogP contribution is 2.17. The van der Waals surface area contributed by atoms with E-state index in [9.17, 15) is 8.42 Å². The van der Waals surface area contributed by atoms with E-state index < -0.39 is 10.0 Å². The molecule has 1 aromatic carbocycles. The molecule has 0 aliphatic carbocycles. The maximum absolute atomic E-state index is 11.5. The number of benzene rings is 1.